The molecule has 1 aromatic carbocycles. The van der Waals surface area contributed by atoms with Gasteiger partial charge in [0.05, 0.1) is 26.4 Å². The number of phenols is 1. The summed E-state index contributed by atoms with van der Waals surface area (Å²) in [4.78, 5) is 30.2. The molecule has 2 rings (SSSR count). The monoisotopic (exact) mass is 377 g/mol. The molecule has 146 valence electrons. The van der Waals surface area contributed by atoms with Gasteiger partial charge in [-0.25, -0.2) is 9.78 Å². The van der Waals surface area contributed by atoms with Crippen molar-refractivity contribution in [1.82, 2.24) is 9.97 Å². The molecule has 0 fully saturated rings. The smallest absolute Gasteiger partial charge is 0.338 e. The number of phenolic OH excluding ortho intramolecular Hbond substituents is 1. The summed E-state index contributed by atoms with van der Waals surface area (Å²) in [6, 6.07) is 4.20. The first-order chi connectivity index (χ1) is 12.9. The number of hydrogen-bond donors (Lipinski definition) is 3. The predicted molar refractivity (Wildman–Crippen MR) is 98.8 cm³/mol. The van der Waals surface area contributed by atoms with Crippen molar-refractivity contribution in [3.63, 3.8) is 0 Å². The number of anilines is 1. The number of methoxy groups -OCH3 is 2. The Labute approximate surface area is 156 Å². The first kappa shape index (κ1) is 20.1. The molecule has 1 aromatic heterocycles. The van der Waals surface area contributed by atoms with E-state index in [9.17, 15) is 14.7 Å². The molecule has 0 aliphatic heterocycles. The van der Waals surface area contributed by atoms with Crippen LogP contribution in [0.3, 0.4) is 0 Å². The molecule has 27 heavy (non-hydrogen) atoms. The van der Waals surface area contributed by atoms with E-state index in [2.05, 4.69) is 15.3 Å². The van der Waals surface area contributed by atoms with Gasteiger partial charge in [0.2, 0.25) is 11.7 Å². The average molecular weight is 377 g/mol. The minimum Gasteiger partial charge on any atom is -0.502 e. The molecule has 0 saturated heterocycles. The zero-order valence-corrected chi connectivity index (χ0v) is 15.5. The molecule has 0 radical (unpaired) electrons. The maximum Gasteiger partial charge on any atom is 0.338 e. The van der Waals surface area contributed by atoms with Crippen LogP contribution >= 0.6 is 0 Å². The van der Waals surface area contributed by atoms with Gasteiger partial charge in [-0.2, -0.15) is 0 Å². The minimum atomic E-state index is -0.538. The van der Waals surface area contributed by atoms with Crippen LogP contribution in [0, 0.1) is 6.92 Å². The number of aryl methyl sites for hydroxylation is 1. The predicted octanol–water partition coefficient (Wildman–Crippen LogP) is 1.85. The average Bonchev–Trinajstić information content (AvgIpc) is 2.63. The summed E-state index contributed by atoms with van der Waals surface area (Å²) in [5.74, 6) is -0.0368. The number of aromatic hydroxyl groups is 1. The molecule has 0 amide bonds. The highest BCUT2D eigenvalue weighted by molar-refractivity contribution is 5.91. The van der Waals surface area contributed by atoms with Crippen LogP contribution in [0.2, 0.25) is 0 Å². The molecule has 0 bridgehead atoms. The highest BCUT2D eigenvalue weighted by Crippen LogP contribution is 2.37. The van der Waals surface area contributed by atoms with Gasteiger partial charge < -0.3 is 24.6 Å². The molecular weight excluding hydrogens is 354 g/mol. The lowest BCUT2D eigenvalue weighted by Gasteiger charge is -2.11. The molecule has 0 unspecified atom stereocenters. The summed E-state index contributed by atoms with van der Waals surface area (Å²) in [7, 11) is 2.76. The van der Waals surface area contributed by atoms with Crippen molar-refractivity contribution in [2.45, 2.75) is 19.8 Å². The Bertz CT molecular complexity index is 824. The van der Waals surface area contributed by atoms with Gasteiger partial charge >= 0.3 is 5.97 Å². The maximum absolute atomic E-state index is 12.1. The fraction of sp³-hybridized carbons (Fsp3) is 0.389. The van der Waals surface area contributed by atoms with Crippen LogP contribution in [0.25, 0.3) is 0 Å². The Morgan fingerprint density at radius 2 is 1.85 bits per heavy atom. The molecule has 0 aliphatic carbocycles. The van der Waals surface area contributed by atoms with Crippen LogP contribution in [0.15, 0.2) is 23.0 Å². The van der Waals surface area contributed by atoms with E-state index in [0.717, 1.165) is 0 Å². The van der Waals surface area contributed by atoms with Gasteiger partial charge in [-0.1, -0.05) is 0 Å². The number of benzene rings is 1. The summed E-state index contributed by atoms with van der Waals surface area (Å²) >= 11 is 0. The molecule has 9 nitrogen and oxygen atoms in total. The number of nitrogens with one attached hydrogen (secondary N) is 2. The summed E-state index contributed by atoms with van der Waals surface area (Å²) in [5, 5.41) is 12.9. The van der Waals surface area contributed by atoms with Crippen LogP contribution in [0.4, 0.5) is 5.95 Å². The number of esters is 1. The van der Waals surface area contributed by atoms with E-state index in [0.29, 0.717) is 31.0 Å². The summed E-state index contributed by atoms with van der Waals surface area (Å²) in [5.41, 5.74) is 0.648. The zero-order chi connectivity index (χ0) is 19.8. The number of aromatic amines is 1. The van der Waals surface area contributed by atoms with Gasteiger partial charge in [-0.15, -0.1) is 0 Å². The maximum atomic E-state index is 12.1. The number of aromatic nitrogens is 2. The van der Waals surface area contributed by atoms with E-state index in [1.54, 1.807) is 6.92 Å². The highest BCUT2D eigenvalue weighted by atomic mass is 16.5. The Morgan fingerprint density at radius 3 is 2.44 bits per heavy atom. The first-order valence-electron chi connectivity index (χ1n) is 8.38. The second kappa shape index (κ2) is 9.46. The number of nitrogens with zero attached hydrogens (tertiary/aromatic N) is 1. The lowest BCUT2D eigenvalue weighted by Crippen LogP contribution is -2.14. The molecule has 0 atom stereocenters. The van der Waals surface area contributed by atoms with Crippen molar-refractivity contribution in [3.05, 3.63) is 39.8 Å². The van der Waals surface area contributed by atoms with Gasteiger partial charge in [0.25, 0.3) is 5.56 Å². The van der Waals surface area contributed by atoms with E-state index in [1.165, 1.54) is 32.4 Å². The van der Waals surface area contributed by atoms with Crippen LogP contribution in [0.5, 0.6) is 17.2 Å². The SMILES string of the molecule is COc1cc(C(=O)OCCCCNc2nc(C)cc(=O)[nH]2)cc(OC)c1O. The van der Waals surface area contributed by atoms with E-state index < -0.39 is 5.97 Å². The van der Waals surface area contributed by atoms with Gasteiger partial charge in [0, 0.05) is 18.3 Å². The number of carbonyl (C=O) groups excluding carboxylic acids is 1. The molecule has 0 saturated carbocycles. The van der Waals surface area contributed by atoms with E-state index in [1.807, 2.05) is 0 Å². The summed E-state index contributed by atoms with van der Waals surface area (Å²) in [6.45, 7) is 2.54. The number of unbranched alkanes of at least 4 members (excludes halogenated alkanes) is 1. The number of rotatable bonds is 9. The topological polar surface area (TPSA) is 123 Å². The van der Waals surface area contributed by atoms with E-state index in [4.69, 9.17) is 14.2 Å². The quantitative estimate of drug-likeness (QED) is 0.447. The second-order valence-electron chi connectivity index (χ2n) is 5.73. The fourth-order valence-electron chi connectivity index (χ4n) is 2.36. The highest BCUT2D eigenvalue weighted by Gasteiger charge is 2.16. The fourth-order valence-corrected chi connectivity index (χ4v) is 2.36. The van der Waals surface area contributed by atoms with Crippen LogP contribution < -0.4 is 20.3 Å². The van der Waals surface area contributed by atoms with Crippen molar-refractivity contribution >= 4 is 11.9 Å². The largest absolute Gasteiger partial charge is 0.502 e. The molecule has 1 heterocycles. The molecule has 2 aromatic rings. The van der Waals surface area contributed by atoms with Gasteiger partial charge in [-0.3, -0.25) is 9.78 Å². The van der Waals surface area contributed by atoms with Crippen LogP contribution in [0.1, 0.15) is 28.9 Å². The van der Waals surface area contributed by atoms with Gasteiger partial charge in [0.1, 0.15) is 0 Å². The zero-order valence-electron chi connectivity index (χ0n) is 15.5. The Balaban J connectivity index is 1.78. The van der Waals surface area contributed by atoms with Crippen molar-refractivity contribution < 1.29 is 24.1 Å². The standard InChI is InChI=1S/C18H23N3O6/c1-11-8-15(22)21-18(20-11)19-6-4-5-7-27-17(24)12-9-13(25-2)16(23)14(10-12)26-3/h8-10,23H,4-7H2,1-3H3,(H2,19,20,21,22). The summed E-state index contributed by atoms with van der Waals surface area (Å²) in [6.07, 6.45) is 1.34. The number of ether oxygens (including phenoxy) is 3. The van der Waals surface area contributed by atoms with E-state index in [-0.39, 0.29) is 35.0 Å². The Hall–Kier alpha value is -3.23. The third kappa shape index (κ3) is 5.63. The van der Waals surface area contributed by atoms with Gasteiger partial charge in [0.15, 0.2) is 11.5 Å². The third-order valence-electron chi connectivity index (χ3n) is 3.68. The Morgan fingerprint density at radius 1 is 1.19 bits per heavy atom. The van der Waals surface area contributed by atoms with Crippen molar-refractivity contribution in [2.24, 2.45) is 0 Å². The normalized spacial score (nSPS) is 10.3. The molecule has 9 heteroatoms. The Kier molecular flexibility index (Phi) is 7.04. The van der Waals surface area contributed by atoms with Crippen molar-refractivity contribution in [2.75, 3.05) is 32.7 Å². The molecular formula is C18H23N3O6. The second-order valence-corrected chi connectivity index (χ2v) is 5.73. The lowest BCUT2D eigenvalue weighted by atomic mass is 10.2. The van der Waals surface area contributed by atoms with Crippen LogP contribution in [-0.4, -0.2) is 48.4 Å². The lowest BCUT2D eigenvalue weighted by molar-refractivity contribution is 0.0498. The van der Waals surface area contributed by atoms with E-state index >= 15 is 0 Å². The van der Waals surface area contributed by atoms with Gasteiger partial charge in [-0.05, 0) is 31.9 Å². The number of H-pyrrole nitrogens is 1. The van der Waals surface area contributed by atoms with Crippen molar-refractivity contribution in [1.29, 1.82) is 0 Å². The summed E-state index contributed by atoms with van der Waals surface area (Å²) < 4.78 is 15.3. The number of hydrogen-bond acceptors (Lipinski definition) is 8. The minimum absolute atomic E-state index is 0.130. The molecule has 0 aliphatic rings. The molecule has 0 spiro atoms. The first-order valence-corrected chi connectivity index (χ1v) is 8.38. The van der Waals surface area contributed by atoms with Crippen molar-refractivity contribution in [3.8, 4) is 17.2 Å². The third-order valence-corrected chi connectivity index (χ3v) is 3.68. The number of carbonyl (C=O) groups is 1. The van der Waals surface area contributed by atoms with Crippen LogP contribution in [-0.2, 0) is 4.74 Å². The molecule has 3 N–H and O–H groups in total.